The molecule has 2 aliphatic rings. The molecule has 0 bridgehead atoms. The number of pyridine rings is 2. The van der Waals surface area contributed by atoms with Crippen LogP contribution in [0, 0.1) is 0 Å². The molecule has 1 aromatic carbocycles. The van der Waals surface area contributed by atoms with Gasteiger partial charge in [-0.3, -0.25) is 14.3 Å². The third kappa shape index (κ3) is 3.52. The second kappa shape index (κ2) is 7.68. The number of rotatable bonds is 4. The molecule has 3 aromatic heterocycles. The summed E-state index contributed by atoms with van der Waals surface area (Å²) in [7, 11) is 0. The number of fused-ring (bicyclic) bond motifs is 2. The smallest absolute Gasteiger partial charge is 0.231 e. The van der Waals surface area contributed by atoms with Gasteiger partial charge in [0.1, 0.15) is 11.8 Å². The van der Waals surface area contributed by atoms with E-state index < -0.39 is 0 Å². The van der Waals surface area contributed by atoms with Crippen LogP contribution in [0.25, 0.3) is 16.9 Å². The summed E-state index contributed by atoms with van der Waals surface area (Å²) >= 11 is 0. The first-order valence-electron chi connectivity index (χ1n) is 10.4. The first-order valence-corrected chi connectivity index (χ1v) is 10.4. The lowest BCUT2D eigenvalue weighted by molar-refractivity contribution is -0.0347. The van der Waals surface area contributed by atoms with E-state index in [1.54, 1.807) is 0 Å². The Balaban J connectivity index is 1.24. The largest absolute Gasteiger partial charge is 0.454 e. The number of imidazole rings is 1. The van der Waals surface area contributed by atoms with Gasteiger partial charge >= 0.3 is 0 Å². The molecular weight excluding hydrogens is 392 g/mol. The van der Waals surface area contributed by atoms with E-state index >= 15 is 0 Å². The van der Waals surface area contributed by atoms with Crippen LogP contribution >= 0.6 is 0 Å². The quantitative estimate of drug-likeness (QED) is 0.508. The first-order chi connectivity index (χ1) is 15.3. The standard InChI is InChI=1S/C24H22N4O3/c1-2-20(18-6-8-25-9-7-18)28-14-19(26-24(28)3-1)23-15-27(10-11-29-23)13-17-4-5-21-22(12-17)31-16-30-21/h1-9,12,14,23H,10-11,13,15-16H2. The maximum atomic E-state index is 6.11. The van der Waals surface area contributed by atoms with Gasteiger partial charge in [-0.2, -0.15) is 0 Å². The molecule has 0 radical (unpaired) electrons. The monoisotopic (exact) mass is 414 g/mol. The van der Waals surface area contributed by atoms with Crippen LogP contribution in [0.4, 0.5) is 0 Å². The topological polar surface area (TPSA) is 61.1 Å². The molecule has 0 saturated carbocycles. The third-order valence-electron chi connectivity index (χ3n) is 5.81. The molecule has 31 heavy (non-hydrogen) atoms. The van der Waals surface area contributed by atoms with Crippen molar-refractivity contribution in [2.45, 2.75) is 12.6 Å². The molecule has 1 unspecified atom stereocenters. The van der Waals surface area contributed by atoms with E-state index in [-0.39, 0.29) is 6.10 Å². The molecule has 0 amide bonds. The van der Waals surface area contributed by atoms with Gasteiger partial charge < -0.3 is 14.2 Å². The second-order valence-electron chi connectivity index (χ2n) is 7.82. The summed E-state index contributed by atoms with van der Waals surface area (Å²) in [6, 6.07) is 16.3. The molecule has 2 aliphatic heterocycles. The van der Waals surface area contributed by atoms with Crippen LogP contribution in [-0.4, -0.2) is 45.8 Å². The molecule has 0 N–H and O–H groups in total. The fourth-order valence-electron chi connectivity index (χ4n) is 4.27. The van der Waals surface area contributed by atoms with Gasteiger partial charge in [0.15, 0.2) is 11.5 Å². The lowest BCUT2D eigenvalue weighted by Crippen LogP contribution is -2.37. The number of ether oxygens (including phenoxy) is 3. The summed E-state index contributed by atoms with van der Waals surface area (Å²) in [4.78, 5) is 11.4. The van der Waals surface area contributed by atoms with Crippen LogP contribution in [0.1, 0.15) is 17.4 Å². The van der Waals surface area contributed by atoms with E-state index in [2.05, 4.69) is 38.7 Å². The van der Waals surface area contributed by atoms with Crippen LogP contribution in [0.15, 0.2) is 67.1 Å². The van der Waals surface area contributed by atoms with E-state index in [1.165, 1.54) is 5.56 Å². The number of aromatic nitrogens is 3. The zero-order valence-corrected chi connectivity index (χ0v) is 17.0. The van der Waals surface area contributed by atoms with Crippen LogP contribution in [0.5, 0.6) is 11.5 Å². The molecule has 6 rings (SSSR count). The van der Waals surface area contributed by atoms with Gasteiger partial charge in [-0.05, 0) is 42.0 Å². The van der Waals surface area contributed by atoms with Gasteiger partial charge in [-0.15, -0.1) is 0 Å². The Morgan fingerprint density at radius 1 is 1.00 bits per heavy atom. The zero-order chi connectivity index (χ0) is 20.6. The molecule has 156 valence electrons. The molecule has 1 atom stereocenters. The van der Waals surface area contributed by atoms with Crippen LogP contribution in [-0.2, 0) is 11.3 Å². The second-order valence-corrected chi connectivity index (χ2v) is 7.82. The molecule has 1 fully saturated rings. The highest BCUT2D eigenvalue weighted by Crippen LogP contribution is 2.33. The number of benzene rings is 1. The van der Waals surface area contributed by atoms with Gasteiger partial charge in [0.05, 0.1) is 18.0 Å². The lowest BCUT2D eigenvalue weighted by Gasteiger charge is -2.32. The van der Waals surface area contributed by atoms with E-state index in [9.17, 15) is 0 Å². The summed E-state index contributed by atoms with van der Waals surface area (Å²) in [5.74, 6) is 1.64. The number of hydrogen-bond acceptors (Lipinski definition) is 6. The fourth-order valence-corrected chi connectivity index (χ4v) is 4.27. The minimum atomic E-state index is -0.0621. The Bertz CT molecular complexity index is 1220. The van der Waals surface area contributed by atoms with Gasteiger partial charge in [0.2, 0.25) is 6.79 Å². The Kier molecular flexibility index (Phi) is 4.55. The summed E-state index contributed by atoms with van der Waals surface area (Å²) in [5.41, 5.74) is 5.28. The predicted octanol–water partition coefficient (Wildman–Crippen LogP) is 3.70. The van der Waals surface area contributed by atoms with Gasteiger partial charge in [0.25, 0.3) is 0 Å². The van der Waals surface area contributed by atoms with Crippen molar-refractivity contribution in [1.29, 1.82) is 0 Å². The third-order valence-corrected chi connectivity index (χ3v) is 5.81. The Hall–Kier alpha value is -3.42. The lowest BCUT2D eigenvalue weighted by atomic mass is 10.1. The van der Waals surface area contributed by atoms with E-state index in [0.717, 1.165) is 53.7 Å². The van der Waals surface area contributed by atoms with Crippen LogP contribution in [0.2, 0.25) is 0 Å². The summed E-state index contributed by atoms with van der Waals surface area (Å²) in [6.45, 7) is 3.50. The van der Waals surface area contributed by atoms with Crippen molar-refractivity contribution in [1.82, 2.24) is 19.3 Å². The van der Waals surface area contributed by atoms with E-state index in [0.29, 0.717) is 13.4 Å². The highest BCUT2D eigenvalue weighted by molar-refractivity contribution is 5.63. The summed E-state index contributed by atoms with van der Waals surface area (Å²) < 4.78 is 19.2. The number of hydrogen-bond donors (Lipinski definition) is 0. The Morgan fingerprint density at radius 3 is 2.84 bits per heavy atom. The average molecular weight is 414 g/mol. The highest BCUT2D eigenvalue weighted by Gasteiger charge is 2.25. The fraction of sp³-hybridized carbons (Fsp3) is 0.250. The molecule has 0 spiro atoms. The number of morpholine rings is 1. The van der Waals surface area contributed by atoms with E-state index in [4.69, 9.17) is 19.2 Å². The van der Waals surface area contributed by atoms with Gasteiger partial charge in [0, 0.05) is 43.8 Å². The molecule has 7 nitrogen and oxygen atoms in total. The molecule has 7 heteroatoms. The first kappa shape index (κ1) is 18.4. The van der Waals surface area contributed by atoms with Crippen molar-refractivity contribution in [3.8, 4) is 22.8 Å². The maximum absolute atomic E-state index is 6.11. The maximum Gasteiger partial charge on any atom is 0.231 e. The minimum absolute atomic E-state index is 0.0621. The number of nitrogens with zero attached hydrogens (tertiary/aromatic N) is 4. The normalized spacial score (nSPS) is 18.5. The van der Waals surface area contributed by atoms with Crippen LogP contribution < -0.4 is 9.47 Å². The zero-order valence-electron chi connectivity index (χ0n) is 17.0. The minimum Gasteiger partial charge on any atom is -0.454 e. The molecule has 0 aliphatic carbocycles. The van der Waals surface area contributed by atoms with Crippen molar-refractivity contribution in [2.75, 3.05) is 26.5 Å². The Labute approximate surface area is 179 Å². The van der Waals surface area contributed by atoms with Crippen molar-refractivity contribution in [2.24, 2.45) is 0 Å². The van der Waals surface area contributed by atoms with Crippen LogP contribution in [0.3, 0.4) is 0 Å². The average Bonchev–Trinajstić information content (AvgIpc) is 3.46. The molecule has 5 heterocycles. The molecular formula is C24H22N4O3. The Morgan fingerprint density at radius 2 is 1.90 bits per heavy atom. The molecule has 1 saturated heterocycles. The highest BCUT2D eigenvalue weighted by atomic mass is 16.7. The van der Waals surface area contributed by atoms with Gasteiger partial charge in [-0.1, -0.05) is 12.1 Å². The SMILES string of the molecule is c1cc(-c2ccncc2)n2cc(C3CN(Cc4ccc5c(c4)OCO5)CCO3)nc2c1. The molecule has 4 aromatic rings. The van der Waals surface area contributed by atoms with E-state index in [1.807, 2.05) is 42.7 Å². The van der Waals surface area contributed by atoms with Crippen molar-refractivity contribution < 1.29 is 14.2 Å². The summed E-state index contributed by atoms with van der Waals surface area (Å²) in [5, 5.41) is 0. The van der Waals surface area contributed by atoms with Gasteiger partial charge in [-0.25, -0.2) is 4.98 Å². The van der Waals surface area contributed by atoms with Crippen molar-refractivity contribution in [3.05, 3.63) is 78.4 Å². The van der Waals surface area contributed by atoms with Crippen molar-refractivity contribution in [3.63, 3.8) is 0 Å². The van der Waals surface area contributed by atoms with Crippen molar-refractivity contribution >= 4 is 5.65 Å². The summed E-state index contributed by atoms with van der Waals surface area (Å²) in [6.07, 6.45) is 5.65. The predicted molar refractivity (Wildman–Crippen MR) is 115 cm³/mol.